The van der Waals surface area contributed by atoms with E-state index >= 15 is 0 Å². The first-order chi connectivity index (χ1) is 7.19. The maximum absolute atomic E-state index is 13.1. The van der Waals surface area contributed by atoms with Gasteiger partial charge in [0, 0.05) is 6.04 Å². The second-order valence-corrected chi connectivity index (χ2v) is 4.49. The quantitative estimate of drug-likeness (QED) is 0.600. The van der Waals surface area contributed by atoms with Gasteiger partial charge in [0.15, 0.2) is 0 Å². The largest absolute Gasteiger partial charge is 0.271 e. The lowest BCUT2D eigenvalue weighted by molar-refractivity contribution is 0.539. The Hall–Kier alpha value is -0.580. The minimum Gasteiger partial charge on any atom is -0.271 e. The molecule has 1 aromatic carbocycles. The Labute approximate surface area is 94.4 Å². The Bertz CT molecular complexity index is 317. The maximum atomic E-state index is 13.1. The van der Waals surface area contributed by atoms with Gasteiger partial charge in [0.05, 0.1) is 0 Å². The molecule has 0 aromatic heterocycles. The molecular formula is C11H17FN2S. The maximum Gasteiger partial charge on any atom is 0.126 e. The van der Waals surface area contributed by atoms with Crippen LogP contribution >= 0.6 is 11.8 Å². The van der Waals surface area contributed by atoms with Gasteiger partial charge in [0.2, 0.25) is 0 Å². The van der Waals surface area contributed by atoms with Crippen molar-refractivity contribution in [1.82, 2.24) is 5.43 Å². The molecule has 1 aromatic rings. The van der Waals surface area contributed by atoms with Crippen LogP contribution in [-0.2, 0) is 0 Å². The molecule has 0 saturated heterocycles. The van der Waals surface area contributed by atoms with Crippen LogP contribution in [-0.4, -0.2) is 12.0 Å². The summed E-state index contributed by atoms with van der Waals surface area (Å²) in [7, 11) is 0. The van der Waals surface area contributed by atoms with Crippen LogP contribution in [0, 0.1) is 12.7 Å². The second-order valence-electron chi connectivity index (χ2n) is 3.51. The molecule has 1 atom stereocenters. The van der Waals surface area contributed by atoms with Gasteiger partial charge >= 0.3 is 0 Å². The van der Waals surface area contributed by atoms with E-state index in [4.69, 9.17) is 5.84 Å². The molecule has 0 aliphatic rings. The van der Waals surface area contributed by atoms with E-state index in [0.29, 0.717) is 5.56 Å². The second kappa shape index (κ2) is 6.10. The Morgan fingerprint density at radius 3 is 2.80 bits per heavy atom. The Kier molecular flexibility index (Phi) is 5.08. The highest BCUT2D eigenvalue weighted by molar-refractivity contribution is 7.98. The van der Waals surface area contributed by atoms with Crippen molar-refractivity contribution in [2.24, 2.45) is 5.84 Å². The third-order valence-corrected chi connectivity index (χ3v) is 3.04. The van der Waals surface area contributed by atoms with E-state index in [0.717, 1.165) is 17.7 Å². The van der Waals surface area contributed by atoms with Crippen molar-refractivity contribution in [3.05, 3.63) is 35.1 Å². The van der Waals surface area contributed by atoms with Gasteiger partial charge < -0.3 is 0 Å². The van der Waals surface area contributed by atoms with E-state index in [2.05, 4.69) is 11.7 Å². The van der Waals surface area contributed by atoms with Gasteiger partial charge in [0.1, 0.15) is 5.82 Å². The summed E-state index contributed by atoms with van der Waals surface area (Å²) in [6, 6.07) is 5.23. The molecule has 0 amide bonds. The molecule has 84 valence electrons. The number of nitrogens with two attached hydrogens (primary N) is 1. The van der Waals surface area contributed by atoms with Crippen LogP contribution in [0.3, 0.4) is 0 Å². The average molecular weight is 228 g/mol. The van der Waals surface area contributed by atoms with E-state index in [1.165, 1.54) is 6.07 Å². The highest BCUT2D eigenvalue weighted by atomic mass is 32.2. The molecule has 1 rings (SSSR count). The number of halogens is 1. The topological polar surface area (TPSA) is 38.0 Å². The molecule has 0 spiro atoms. The Morgan fingerprint density at radius 1 is 1.53 bits per heavy atom. The van der Waals surface area contributed by atoms with Crippen LogP contribution in [0.2, 0.25) is 0 Å². The fraction of sp³-hybridized carbons (Fsp3) is 0.455. The normalized spacial score (nSPS) is 12.8. The molecule has 0 aliphatic carbocycles. The highest BCUT2D eigenvalue weighted by Crippen LogP contribution is 2.20. The fourth-order valence-electron chi connectivity index (χ4n) is 1.47. The number of rotatable bonds is 5. The van der Waals surface area contributed by atoms with E-state index < -0.39 is 0 Å². The van der Waals surface area contributed by atoms with Crippen molar-refractivity contribution in [3.63, 3.8) is 0 Å². The molecule has 0 aliphatic heterocycles. The molecule has 0 radical (unpaired) electrons. The van der Waals surface area contributed by atoms with Crippen molar-refractivity contribution in [1.29, 1.82) is 0 Å². The predicted octanol–water partition coefficient (Wildman–Crippen LogP) is 2.39. The summed E-state index contributed by atoms with van der Waals surface area (Å²) in [4.78, 5) is 0. The zero-order chi connectivity index (χ0) is 11.3. The van der Waals surface area contributed by atoms with Crippen LogP contribution in [0.4, 0.5) is 4.39 Å². The lowest BCUT2D eigenvalue weighted by Gasteiger charge is -2.16. The predicted molar refractivity (Wildman–Crippen MR) is 64.2 cm³/mol. The molecule has 0 heterocycles. The van der Waals surface area contributed by atoms with Crippen LogP contribution < -0.4 is 11.3 Å². The summed E-state index contributed by atoms with van der Waals surface area (Å²) in [6.45, 7) is 1.76. The lowest BCUT2D eigenvalue weighted by atomic mass is 10.0. The molecule has 0 bridgehead atoms. The fourth-order valence-corrected chi connectivity index (χ4v) is 1.94. The Balaban J connectivity index is 2.78. The smallest absolute Gasteiger partial charge is 0.126 e. The monoisotopic (exact) mass is 228 g/mol. The number of aryl methyl sites for hydroxylation is 1. The SMILES string of the molecule is CSCCC(NN)c1ccc(F)c(C)c1. The lowest BCUT2D eigenvalue weighted by Crippen LogP contribution is -2.28. The van der Waals surface area contributed by atoms with Gasteiger partial charge in [-0.1, -0.05) is 12.1 Å². The van der Waals surface area contributed by atoms with Crippen LogP contribution in [0.15, 0.2) is 18.2 Å². The van der Waals surface area contributed by atoms with Gasteiger partial charge in [-0.15, -0.1) is 0 Å². The summed E-state index contributed by atoms with van der Waals surface area (Å²) in [5, 5.41) is 0. The number of benzene rings is 1. The van der Waals surface area contributed by atoms with Crippen LogP contribution in [0.1, 0.15) is 23.6 Å². The minimum absolute atomic E-state index is 0.108. The first kappa shape index (κ1) is 12.5. The standard InChI is InChI=1S/C11H17FN2S/c1-8-7-9(3-4-10(8)12)11(14-13)5-6-15-2/h3-4,7,11,14H,5-6,13H2,1-2H3. The first-order valence-corrected chi connectivity index (χ1v) is 6.29. The van der Waals surface area contributed by atoms with Crippen molar-refractivity contribution < 1.29 is 4.39 Å². The van der Waals surface area contributed by atoms with Crippen molar-refractivity contribution in [2.45, 2.75) is 19.4 Å². The van der Waals surface area contributed by atoms with Gasteiger partial charge in [0.25, 0.3) is 0 Å². The molecular weight excluding hydrogens is 211 g/mol. The number of thioether (sulfide) groups is 1. The van der Waals surface area contributed by atoms with Crippen molar-refractivity contribution >= 4 is 11.8 Å². The highest BCUT2D eigenvalue weighted by Gasteiger charge is 2.10. The molecule has 4 heteroatoms. The zero-order valence-corrected chi connectivity index (χ0v) is 9.90. The molecule has 3 N–H and O–H groups in total. The van der Waals surface area contributed by atoms with E-state index in [-0.39, 0.29) is 11.9 Å². The third kappa shape index (κ3) is 3.48. The van der Waals surface area contributed by atoms with Gasteiger partial charge in [-0.2, -0.15) is 11.8 Å². The summed E-state index contributed by atoms with van der Waals surface area (Å²) in [5.41, 5.74) is 4.47. The average Bonchev–Trinajstić information content (AvgIpc) is 2.24. The summed E-state index contributed by atoms with van der Waals surface area (Å²) in [6.07, 6.45) is 3.01. The third-order valence-electron chi connectivity index (χ3n) is 2.40. The van der Waals surface area contributed by atoms with Gasteiger partial charge in [-0.05, 0) is 42.5 Å². The summed E-state index contributed by atoms with van der Waals surface area (Å²) in [5.74, 6) is 6.35. The van der Waals surface area contributed by atoms with Crippen LogP contribution in [0.25, 0.3) is 0 Å². The van der Waals surface area contributed by atoms with E-state index in [1.807, 2.05) is 6.07 Å². The van der Waals surface area contributed by atoms with Crippen LogP contribution in [0.5, 0.6) is 0 Å². The molecule has 0 fully saturated rings. The molecule has 15 heavy (non-hydrogen) atoms. The number of hydrogen-bond donors (Lipinski definition) is 2. The number of hydrogen-bond acceptors (Lipinski definition) is 3. The number of nitrogens with one attached hydrogen (secondary N) is 1. The first-order valence-electron chi connectivity index (χ1n) is 4.90. The van der Waals surface area contributed by atoms with E-state index in [1.54, 1.807) is 24.8 Å². The molecule has 0 saturated carbocycles. The Morgan fingerprint density at radius 2 is 2.27 bits per heavy atom. The van der Waals surface area contributed by atoms with E-state index in [9.17, 15) is 4.39 Å². The van der Waals surface area contributed by atoms with Gasteiger partial charge in [-0.3, -0.25) is 11.3 Å². The minimum atomic E-state index is -0.167. The zero-order valence-electron chi connectivity index (χ0n) is 9.09. The summed E-state index contributed by atoms with van der Waals surface area (Å²) < 4.78 is 13.1. The summed E-state index contributed by atoms with van der Waals surface area (Å²) >= 11 is 1.78. The van der Waals surface area contributed by atoms with Crippen molar-refractivity contribution in [3.8, 4) is 0 Å². The van der Waals surface area contributed by atoms with Gasteiger partial charge in [-0.25, -0.2) is 4.39 Å². The van der Waals surface area contributed by atoms with Crippen molar-refractivity contribution in [2.75, 3.05) is 12.0 Å². The molecule has 2 nitrogen and oxygen atoms in total. The molecule has 1 unspecified atom stereocenters. The number of hydrazine groups is 1.